The van der Waals surface area contributed by atoms with Crippen molar-refractivity contribution < 1.29 is 9.72 Å². The molecule has 0 spiro atoms. The lowest BCUT2D eigenvalue weighted by atomic mass is 10.4. The molecule has 2 aromatic heterocycles. The van der Waals surface area contributed by atoms with Crippen LogP contribution in [-0.2, 0) is 17.9 Å². The summed E-state index contributed by atoms with van der Waals surface area (Å²) < 4.78 is 3.00. The van der Waals surface area contributed by atoms with Gasteiger partial charge in [0.2, 0.25) is 5.91 Å². The van der Waals surface area contributed by atoms with E-state index < -0.39 is 4.92 Å². The molecule has 10 heteroatoms. The molecule has 1 amide bonds. The molecule has 0 aliphatic heterocycles. The van der Waals surface area contributed by atoms with Gasteiger partial charge in [-0.2, -0.15) is 9.78 Å². The normalized spacial score (nSPS) is 10.6. The van der Waals surface area contributed by atoms with Crippen LogP contribution in [-0.4, -0.2) is 36.9 Å². The summed E-state index contributed by atoms with van der Waals surface area (Å²) in [5.74, 6) is -0.513. The highest BCUT2D eigenvalue weighted by Crippen LogP contribution is 2.10. The molecule has 0 aromatic carbocycles. The van der Waals surface area contributed by atoms with Crippen molar-refractivity contribution in [3.8, 4) is 0 Å². The van der Waals surface area contributed by atoms with E-state index in [0.717, 1.165) is 0 Å². The molecule has 0 saturated heterocycles. The SMILES string of the molecule is Cc1cc([N+](=O)[O-])nn1CC(=O)NCCCn1cc(Cl)cn1. The Balaban J connectivity index is 1.75. The van der Waals surface area contributed by atoms with E-state index in [1.165, 1.54) is 10.7 Å². The monoisotopic (exact) mass is 326 g/mol. The fourth-order valence-corrected chi connectivity index (χ4v) is 2.02. The van der Waals surface area contributed by atoms with Crippen LogP contribution in [0.2, 0.25) is 5.02 Å². The topological polar surface area (TPSA) is 108 Å². The summed E-state index contributed by atoms with van der Waals surface area (Å²) in [6, 6.07) is 1.33. The van der Waals surface area contributed by atoms with Crippen molar-refractivity contribution in [3.05, 3.63) is 39.3 Å². The van der Waals surface area contributed by atoms with Crippen LogP contribution in [0.5, 0.6) is 0 Å². The minimum Gasteiger partial charge on any atom is -0.358 e. The lowest BCUT2D eigenvalue weighted by Crippen LogP contribution is -2.29. The highest BCUT2D eigenvalue weighted by Gasteiger charge is 2.17. The summed E-state index contributed by atoms with van der Waals surface area (Å²) in [6.45, 7) is 2.72. The third-order valence-electron chi connectivity index (χ3n) is 2.94. The number of carbonyl (C=O) groups is 1. The Morgan fingerprint density at radius 2 is 2.32 bits per heavy atom. The van der Waals surface area contributed by atoms with Gasteiger partial charge in [-0.05, 0) is 18.3 Å². The second-order valence-corrected chi connectivity index (χ2v) is 5.12. The van der Waals surface area contributed by atoms with E-state index in [1.54, 1.807) is 24.0 Å². The van der Waals surface area contributed by atoms with Crippen molar-refractivity contribution in [1.29, 1.82) is 0 Å². The number of aryl methyl sites for hydroxylation is 2. The summed E-state index contributed by atoms with van der Waals surface area (Å²) in [4.78, 5) is 21.8. The minimum atomic E-state index is -0.587. The quantitative estimate of drug-likeness (QED) is 0.466. The maximum absolute atomic E-state index is 11.8. The average Bonchev–Trinajstić information content (AvgIpc) is 3.02. The summed E-state index contributed by atoms with van der Waals surface area (Å²) in [6.07, 6.45) is 3.95. The van der Waals surface area contributed by atoms with Crippen molar-refractivity contribution >= 4 is 23.3 Å². The first kappa shape index (κ1) is 16.0. The fraction of sp³-hybridized carbons (Fsp3) is 0.417. The number of nitrogens with one attached hydrogen (secondary N) is 1. The van der Waals surface area contributed by atoms with Gasteiger partial charge in [-0.25, -0.2) is 0 Å². The predicted octanol–water partition coefficient (Wildman–Crippen LogP) is 1.16. The highest BCUT2D eigenvalue weighted by atomic mass is 35.5. The van der Waals surface area contributed by atoms with Crippen molar-refractivity contribution in [1.82, 2.24) is 24.9 Å². The van der Waals surface area contributed by atoms with E-state index in [9.17, 15) is 14.9 Å². The number of rotatable bonds is 7. The van der Waals surface area contributed by atoms with Gasteiger partial charge in [0, 0.05) is 19.3 Å². The Morgan fingerprint density at radius 3 is 2.91 bits per heavy atom. The lowest BCUT2D eigenvalue weighted by Gasteiger charge is -2.05. The van der Waals surface area contributed by atoms with Gasteiger partial charge in [0.15, 0.2) is 0 Å². The van der Waals surface area contributed by atoms with Crippen molar-refractivity contribution in [2.75, 3.05) is 6.54 Å². The van der Waals surface area contributed by atoms with Gasteiger partial charge in [-0.1, -0.05) is 11.6 Å². The molecular weight excluding hydrogens is 312 g/mol. The van der Waals surface area contributed by atoms with Crippen LogP contribution in [0.1, 0.15) is 12.1 Å². The zero-order valence-electron chi connectivity index (χ0n) is 11.9. The standard InChI is InChI=1S/C12H15ClN6O3/c1-9-5-11(19(21)22)16-18(9)8-12(20)14-3-2-4-17-7-10(13)6-15-17/h5-7H,2-4,8H2,1H3,(H,14,20). The molecule has 0 aliphatic rings. The number of nitrogens with zero attached hydrogens (tertiary/aromatic N) is 5. The second kappa shape index (κ2) is 7.03. The van der Waals surface area contributed by atoms with Gasteiger partial charge >= 0.3 is 5.82 Å². The Morgan fingerprint density at radius 1 is 1.55 bits per heavy atom. The van der Waals surface area contributed by atoms with Crippen molar-refractivity contribution in [3.63, 3.8) is 0 Å². The third kappa shape index (κ3) is 4.29. The number of nitro groups is 1. The molecule has 22 heavy (non-hydrogen) atoms. The smallest absolute Gasteiger partial charge is 0.358 e. The molecule has 0 bridgehead atoms. The first-order chi connectivity index (χ1) is 10.5. The van der Waals surface area contributed by atoms with Gasteiger partial charge in [0.1, 0.15) is 6.54 Å². The molecule has 0 fully saturated rings. The summed E-state index contributed by atoms with van der Waals surface area (Å²) in [5, 5.41) is 21.7. The van der Waals surface area contributed by atoms with Gasteiger partial charge in [-0.3, -0.25) is 9.48 Å². The minimum absolute atomic E-state index is 0.0483. The predicted molar refractivity (Wildman–Crippen MR) is 78.5 cm³/mol. The number of carbonyl (C=O) groups excluding carboxylic acids is 1. The molecule has 2 rings (SSSR count). The van der Waals surface area contributed by atoms with Crippen LogP contribution >= 0.6 is 11.6 Å². The zero-order valence-corrected chi connectivity index (χ0v) is 12.7. The first-order valence-electron chi connectivity index (χ1n) is 6.59. The van der Waals surface area contributed by atoms with Gasteiger partial charge < -0.3 is 15.4 Å². The van der Waals surface area contributed by atoms with E-state index in [-0.39, 0.29) is 18.3 Å². The molecule has 2 aromatic rings. The first-order valence-corrected chi connectivity index (χ1v) is 6.97. The molecule has 118 valence electrons. The van der Waals surface area contributed by atoms with Crippen LogP contribution < -0.4 is 5.32 Å². The van der Waals surface area contributed by atoms with Crippen molar-refractivity contribution in [2.45, 2.75) is 26.4 Å². The number of hydrogen-bond donors (Lipinski definition) is 1. The molecule has 9 nitrogen and oxygen atoms in total. The largest absolute Gasteiger partial charge is 0.390 e. The van der Waals surface area contributed by atoms with Gasteiger partial charge in [0.05, 0.1) is 28.1 Å². The number of halogens is 1. The van der Waals surface area contributed by atoms with E-state index in [1.807, 2.05) is 0 Å². The Labute approximate surface area is 131 Å². The number of aromatic nitrogens is 4. The average molecular weight is 327 g/mol. The maximum Gasteiger partial charge on any atom is 0.390 e. The Kier molecular flexibility index (Phi) is 5.10. The maximum atomic E-state index is 11.8. The summed E-state index contributed by atoms with van der Waals surface area (Å²) >= 11 is 5.74. The molecule has 0 saturated carbocycles. The molecule has 0 aliphatic carbocycles. The van der Waals surface area contributed by atoms with Crippen LogP contribution in [0, 0.1) is 17.0 Å². The van der Waals surface area contributed by atoms with E-state index in [0.29, 0.717) is 30.2 Å². The molecule has 0 unspecified atom stereocenters. The van der Waals surface area contributed by atoms with Crippen LogP contribution in [0.3, 0.4) is 0 Å². The third-order valence-corrected chi connectivity index (χ3v) is 3.13. The van der Waals surface area contributed by atoms with E-state index in [4.69, 9.17) is 11.6 Å². The fourth-order valence-electron chi connectivity index (χ4n) is 1.86. The summed E-state index contributed by atoms with van der Waals surface area (Å²) in [7, 11) is 0. The highest BCUT2D eigenvalue weighted by molar-refractivity contribution is 6.30. The molecular formula is C12H15ClN6O3. The summed E-state index contributed by atoms with van der Waals surface area (Å²) in [5.41, 5.74) is 0.563. The Hall–Kier alpha value is -2.42. The van der Waals surface area contributed by atoms with Crippen molar-refractivity contribution in [2.24, 2.45) is 0 Å². The molecule has 1 N–H and O–H groups in total. The number of hydrogen-bond acceptors (Lipinski definition) is 5. The lowest BCUT2D eigenvalue weighted by molar-refractivity contribution is -0.389. The Bertz CT molecular complexity index is 680. The van der Waals surface area contributed by atoms with Gasteiger partial charge in [0.25, 0.3) is 0 Å². The second-order valence-electron chi connectivity index (χ2n) is 4.68. The van der Waals surface area contributed by atoms with E-state index in [2.05, 4.69) is 15.5 Å². The van der Waals surface area contributed by atoms with Crippen LogP contribution in [0.25, 0.3) is 0 Å². The zero-order chi connectivity index (χ0) is 16.1. The molecule has 0 atom stereocenters. The van der Waals surface area contributed by atoms with Crippen LogP contribution in [0.15, 0.2) is 18.5 Å². The van der Waals surface area contributed by atoms with E-state index >= 15 is 0 Å². The van der Waals surface area contributed by atoms with Gasteiger partial charge in [-0.15, -0.1) is 0 Å². The molecule has 2 heterocycles. The van der Waals surface area contributed by atoms with Crippen LogP contribution in [0.4, 0.5) is 5.82 Å². The number of amides is 1. The molecule has 0 radical (unpaired) electrons.